The first-order valence-electron chi connectivity index (χ1n) is 7.69. The quantitative estimate of drug-likeness (QED) is 0.904. The highest BCUT2D eigenvalue weighted by Crippen LogP contribution is 2.31. The third kappa shape index (κ3) is 3.80. The number of nitrogens with one attached hydrogen (secondary N) is 1. The van der Waals surface area contributed by atoms with Gasteiger partial charge in [-0.25, -0.2) is 0 Å². The van der Waals surface area contributed by atoms with Gasteiger partial charge >= 0.3 is 0 Å². The second-order valence-corrected chi connectivity index (χ2v) is 6.54. The predicted molar refractivity (Wildman–Crippen MR) is 97.4 cm³/mol. The lowest BCUT2D eigenvalue weighted by molar-refractivity contribution is 0.0658. The van der Waals surface area contributed by atoms with Crippen LogP contribution in [0.3, 0.4) is 0 Å². The first kappa shape index (κ1) is 17.0. The molecule has 1 aromatic carbocycles. The maximum absolute atomic E-state index is 12.6. The number of aromatic nitrogens is 1. The lowest BCUT2D eigenvalue weighted by Crippen LogP contribution is -2.47. The fourth-order valence-electron chi connectivity index (χ4n) is 2.55. The minimum absolute atomic E-state index is 0.0519. The average Bonchev–Trinajstić information content (AvgIpc) is 2.59. The van der Waals surface area contributed by atoms with Crippen LogP contribution in [0.15, 0.2) is 36.5 Å². The fraction of sp³-hybridized carbons (Fsp3) is 0.294. The molecule has 0 radical (unpaired) electrons. The minimum Gasteiger partial charge on any atom is -0.354 e. The highest BCUT2D eigenvalue weighted by Gasteiger charge is 2.21. The molecule has 1 aliphatic rings. The summed E-state index contributed by atoms with van der Waals surface area (Å²) in [5.41, 5.74) is 1.85. The van der Waals surface area contributed by atoms with Crippen LogP contribution < -0.4 is 5.32 Å². The van der Waals surface area contributed by atoms with E-state index in [9.17, 15) is 4.79 Å². The zero-order valence-corrected chi connectivity index (χ0v) is 14.8. The van der Waals surface area contributed by atoms with Gasteiger partial charge in [-0.2, -0.15) is 0 Å². The molecule has 24 heavy (non-hydrogen) atoms. The lowest BCUT2D eigenvalue weighted by Gasteiger charge is -2.32. The molecule has 1 aliphatic heterocycles. The summed E-state index contributed by atoms with van der Waals surface area (Å²) in [6.07, 6.45) is 1.62. The van der Waals surface area contributed by atoms with Gasteiger partial charge in [0.2, 0.25) is 0 Å². The van der Waals surface area contributed by atoms with E-state index in [2.05, 4.69) is 22.2 Å². The van der Waals surface area contributed by atoms with Crippen molar-refractivity contribution in [3.63, 3.8) is 0 Å². The van der Waals surface area contributed by atoms with Crippen molar-refractivity contribution in [3.05, 3.63) is 52.3 Å². The summed E-state index contributed by atoms with van der Waals surface area (Å²) in [4.78, 5) is 20.8. The van der Waals surface area contributed by atoms with Crippen molar-refractivity contribution in [1.82, 2.24) is 14.8 Å². The molecular formula is C17H18Cl2N4O. The van der Waals surface area contributed by atoms with Crippen LogP contribution in [0, 0.1) is 0 Å². The van der Waals surface area contributed by atoms with Gasteiger partial charge in [-0.15, -0.1) is 0 Å². The molecule has 0 atom stereocenters. The van der Waals surface area contributed by atoms with E-state index in [1.165, 1.54) is 0 Å². The van der Waals surface area contributed by atoms with E-state index in [0.717, 1.165) is 31.9 Å². The zero-order chi connectivity index (χ0) is 17.1. The molecule has 126 valence electrons. The lowest BCUT2D eigenvalue weighted by atomic mass is 10.2. The Hall–Kier alpha value is -1.82. The normalized spacial score (nSPS) is 15.4. The summed E-state index contributed by atoms with van der Waals surface area (Å²) in [5, 5.41) is 4.11. The molecule has 0 aliphatic carbocycles. The summed E-state index contributed by atoms with van der Waals surface area (Å²) in [6.45, 7) is 3.19. The Labute approximate surface area is 151 Å². The minimum atomic E-state index is -0.0519. The van der Waals surface area contributed by atoms with Gasteiger partial charge in [0.05, 0.1) is 15.7 Å². The van der Waals surface area contributed by atoms with Crippen LogP contribution in [0.2, 0.25) is 10.0 Å². The van der Waals surface area contributed by atoms with Crippen molar-refractivity contribution in [3.8, 4) is 0 Å². The molecule has 5 nitrogen and oxygen atoms in total. The number of piperazine rings is 1. The molecule has 0 unspecified atom stereocenters. The van der Waals surface area contributed by atoms with Crippen molar-refractivity contribution < 1.29 is 4.79 Å². The number of hydrogen-bond donors (Lipinski definition) is 1. The van der Waals surface area contributed by atoms with Gasteiger partial charge in [0, 0.05) is 38.1 Å². The molecule has 1 fully saturated rings. The second-order valence-electron chi connectivity index (χ2n) is 5.75. The molecule has 2 aromatic rings. The van der Waals surface area contributed by atoms with Crippen LogP contribution in [0.1, 0.15) is 10.5 Å². The monoisotopic (exact) mass is 364 g/mol. The smallest absolute Gasteiger partial charge is 0.272 e. The van der Waals surface area contributed by atoms with Crippen molar-refractivity contribution in [2.24, 2.45) is 0 Å². The molecule has 1 saturated heterocycles. The maximum Gasteiger partial charge on any atom is 0.272 e. The van der Waals surface area contributed by atoms with Gasteiger partial charge in [-0.1, -0.05) is 29.3 Å². The van der Waals surface area contributed by atoms with Crippen LogP contribution >= 0.6 is 23.2 Å². The molecule has 0 bridgehead atoms. The molecule has 1 aromatic heterocycles. The van der Waals surface area contributed by atoms with E-state index in [1.54, 1.807) is 24.4 Å². The van der Waals surface area contributed by atoms with Crippen LogP contribution in [0.4, 0.5) is 11.4 Å². The van der Waals surface area contributed by atoms with E-state index in [4.69, 9.17) is 23.2 Å². The van der Waals surface area contributed by atoms with Crippen LogP contribution in [0.5, 0.6) is 0 Å². The number of hydrogen-bond acceptors (Lipinski definition) is 4. The number of amides is 1. The number of anilines is 2. The average molecular weight is 365 g/mol. The van der Waals surface area contributed by atoms with E-state index in [-0.39, 0.29) is 5.91 Å². The van der Waals surface area contributed by atoms with Gasteiger partial charge in [-0.05, 0) is 31.3 Å². The third-order valence-electron chi connectivity index (χ3n) is 4.00. The number of likely N-dealkylation sites (N-methyl/N-ethyl adjacent to an activating group) is 1. The largest absolute Gasteiger partial charge is 0.354 e. The van der Waals surface area contributed by atoms with E-state index >= 15 is 0 Å². The summed E-state index contributed by atoms with van der Waals surface area (Å²) < 4.78 is 0. The molecule has 1 amide bonds. The van der Waals surface area contributed by atoms with Crippen molar-refractivity contribution >= 4 is 40.5 Å². The Bertz CT molecular complexity index is 745. The molecule has 3 rings (SSSR count). The van der Waals surface area contributed by atoms with E-state index in [1.807, 2.05) is 17.0 Å². The fourth-order valence-corrected chi connectivity index (χ4v) is 2.90. The molecule has 0 spiro atoms. The Kier molecular flexibility index (Phi) is 5.23. The molecule has 0 saturated carbocycles. The van der Waals surface area contributed by atoms with Crippen LogP contribution in [-0.2, 0) is 0 Å². The standard InChI is InChI=1S/C17H18Cl2N4O/c1-22-7-9-23(10-8-22)17(24)15-11-12(5-6-20-15)21-14-4-2-3-13(18)16(14)19/h2-6,11H,7-10H2,1H3,(H,20,21). The summed E-state index contributed by atoms with van der Waals surface area (Å²) in [6, 6.07) is 8.89. The third-order valence-corrected chi connectivity index (χ3v) is 4.82. The first-order chi connectivity index (χ1) is 11.5. The number of halogens is 2. The maximum atomic E-state index is 12.6. The number of rotatable bonds is 3. The van der Waals surface area contributed by atoms with E-state index < -0.39 is 0 Å². The van der Waals surface area contributed by atoms with Crippen molar-refractivity contribution in [2.45, 2.75) is 0 Å². The Morgan fingerprint density at radius 3 is 2.67 bits per heavy atom. The Morgan fingerprint density at radius 2 is 1.92 bits per heavy atom. The number of benzene rings is 1. The number of pyridine rings is 1. The van der Waals surface area contributed by atoms with Gasteiger partial charge < -0.3 is 15.1 Å². The molecule has 2 heterocycles. The number of nitrogens with zero attached hydrogens (tertiary/aromatic N) is 3. The van der Waals surface area contributed by atoms with Crippen LogP contribution in [-0.4, -0.2) is 53.9 Å². The number of carbonyl (C=O) groups excluding carboxylic acids is 1. The summed E-state index contributed by atoms with van der Waals surface area (Å²) in [5.74, 6) is -0.0519. The van der Waals surface area contributed by atoms with Crippen LogP contribution in [0.25, 0.3) is 0 Å². The molecule has 7 heteroatoms. The van der Waals surface area contributed by atoms with Gasteiger partial charge in [0.15, 0.2) is 0 Å². The highest BCUT2D eigenvalue weighted by molar-refractivity contribution is 6.43. The Balaban J connectivity index is 1.76. The van der Waals surface area contributed by atoms with Gasteiger partial charge in [-0.3, -0.25) is 9.78 Å². The topological polar surface area (TPSA) is 48.5 Å². The van der Waals surface area contributed by atoms with Crippen molar-refractivity contribution in [1.29, 1.82) is 0 Å². The SMILES string of the molecule is CN1CCN(C(=O)c2cc(Nc3cccc(Cl)c3Cl)ccn2)CC1. The first-order valence-corrected chi connectivity index (χ1v) is 8.45. The van der Waals surface area contributed by atoms with Gasteiger partial charge in [0.25, 0.3) is 5.91 Å². The van der Waals surface area contributed by atoms with Gasteiger partial charge in [0.1, 0.15) is 5.69 Å². The summed E-state index contributed by atoms with van der Waals surface area (Å²) >= 11 is 12.2. The summed E-state index contributed by atoms with van der Waals surface area (Å²) in [7, 11) is 2.05. The number of carbonyl (C=O) groups is 1. The Morgan fingerprint density at radius 1 is 1.17 bits per heavy atom. The molecular weight excluding hydrogens is 347 g/mol. The second kappa shape index (κ2) is 7.38. The highest BCUT2D eigenvalue weighted by atomic mass is 35.5. The van der Waals surface area contributed by atoms with Crippen molar-refractivity contribution in [2.75, 3.05) is 38.5 Å². The zero-order valence-electron chi connectivity index (χ0n) is 13.3. The predicted octanol–water partition coefficient (Wildman–Crippen LogP) is 3.52. The molecule has 1 N–H and O–H groups in total. The van der Waals surface area contributed by atoms with E-state index in [0.29, 0.717) is 21.4 Å².